The molecule has 0 fully saturated rings. The second-order valence-corrected chi connectivity index (χ2v) is 8.24. The summed E-state index contributed by atoms with van der Waals surface area (Å²) in [6, 6.07) is 17.5. The monoisotopic (exact) mass is 486 g/mol. The highest BCUT2D eigenvalue weighted by Crippen LogP contribution is 2.35. The van der Waals surface area contributed by atoms with Crippen LogP contribution in [0.3, 0.4) is 0 Å². The number of rotatable bonds is 7. The van der Waals surface area contributed by atoms with Crippen molar-refractivity contribution in [2.75, 3.05) is 0 Å². The summed E-state index contributed by atoms with van der Waals surface area (Å²) in [5.41, 5.74) is 5.15. The summed E-state index contributed by atoms with van der Waals surface area (Å²) in [4.78, 5) is 4.42. The molecule has 0 radical (unpaired) electrons. The third-order valence-electron chi connectivity index (χ3n) is 5.14. The molecule has 0 aliphatic heterocycles. The second kappa shape index (κ2) is 9.05. The van der Waals surface area contributed by atoms with Gasteiger partial charge >= 0.3 is 20.7 Å². The summed E-state index contributed by atoms with van der Waals surface area (Å²) in [5.74, 6) is 0.0797. The minimum atomic E-state index is -3.49. The van der Waals surface area contributed by atoms with Crippen LogP contribution in [0.15, 0.2) is 60.7 Å². The van der Waals surface area contributed by atoms with Crippen molar-refractivity contribution in [1.82, 2.24) is 9.55 Å². The van der Waals surface area contributed by atoms with E-state index in [4.69, 9.17) is 8.57 Å². The van der Waals surface area contributed by atoms with Crippen molar-refractivity contribution in [3.8, 4) is 11.6 Å². The predicted molar refractivity (Wildman–Crippen MR) is 106 cm³/mol. The molecule has 4 rings (SSSR count). The Morgan fingerprint density at radius 1 is 1.00 bits per heavy atom. The Kier molecular flexibility index (Phi) is 6.22. The third kappa shape index (κ3) is 4.71. The highest BCUT2D eigenvalue weighted by molar-refractivity contribution is 5.87. The minimum Gasteiger partial charge on any atom is -0.486 e. The molecule has 0 aliphatic carbocycles. The molecule has 8 heteroatoms. The van der Waals surface area contributed by atoms with Gasteiger partial charge in [0.25, 0.3) is 0 Å². The van der Waals surface area contributed by atoms with E-state index >= 15 is 0 Å². The van der Waals surface area contributed by atoms with Gasteiger partial charge in [-0.15, -0.1) is 3.83 Å². The Morgan fingerprint density at radius 3 is 2.39 bits per heavy atom. The molecule has 0 atom stereocenters. The molecular formula is C23H20BrFN2O4. The van der Waals surface area contributed by atoms with Crippen molar-refractivity contribution in [2.45, 2.75) is 27.0 Å². The number of aromatic nitrogens is 2. The molecule has 0 saturated heterocycles. The normalized spacial score (nSPS) is 11.3. The molecule has 6 nitrogen and oxygen atoms in total. The van der Waals surface area contributed by atoms with E-state index in [1.54, 1.807) is 12.1 Å². The number of ether oxygens (including phenoxy) is 1. The van der Waals surface area contributed by atoms with Crippen molar-refractivity contribution in [1.29, 1.82) is 0 Å². The van der Waals surface area contributed by atoms with Crippen molar-refractivity contribution in [3.05, 3.63) is 88.9 Å². The zero-order valence-electron chi connectivity index (χ0n) is 17.0. The Bertz CT molecular complexity index is 1190. The molecule has 4 aromatic rings. The van der Waals surface area contributed by atoms with Crippen LogP contribution < -0.4 is 17.0 Å². The summed E-state index contributed by atoms with van der Waals surface area (Å²) < 4.78 is 48.6. The fraction of sp³-hybridized carbons (Fsp3) is 0.174. The number of halogens is 2. The zero-order valence-corrected chi connectivity index (χ0v) is 18.6. The van der Waals surface area contributed by atoms with Crippen molar-refractivity contribution in [2.24, 2.45) is 0 Å². The fourth-order valence-corrected chi connectivity index (χ4v) is 3.91. The van der Waals surface area contributed by atoms with Gasteiger partial charge < -0.3 is 17.7 Å². The molecule has 2 heterocycles. The SMILES string of the molecule is Cc1c(C)n(Cc2ccccc2)c2c(OCc3ccc(F)cc3)cc(O[Br+2]([O-])[O-])nc12. The lowest BCUT2D eigenvalue weighted by molar-refractivity contribution is -1.62. The van der Waals surface area contributed by atoms with Crippen LogP contribution in [-0.4, -0.2) is 9.55 Å². The first-order valence-corrected chi connectivity index (χ1v) is 11.5. The molecule has 0 unspecified atom stereocenters. The Hall–Kier alpha value is -2.94. The lowest BCUT2D eigenvalue weighted by Crippen LogP contribution is -2.37. The standard InChI is InChI=1S/C23H20BrFN2O4/c1-15-16(2)27(13-17-6-4-3-5-7-17)23-20(12-21(26-22(15)23)31-24(28)29)30-14-18-8-10-19(25)11-9-18/h3-12H,13-14H2,1-2H3. The fourth-order valence-electron chi connectivity index (χ4n) is 3.48. The molecule has 0 amide bonds. The maximum absolute atomic E-state index is 13.2. The highest BCUT2D eigenvalue weighted by atomic mass is 80.0. The molecule has 0 aliphatic rings. The molecule has 0 bridgehead atoms. The van der Waals surface area contributed by atoms with E-state index in [1.807, 2.05) is 44.2 Å². The molecule has 0 N–H and O–H groups in total. The molecule has 0 spiro atoms. The van der Waals surface area contributed by atoms with Gasteiger partial charge in [-0.25, -0.2) is 9.37 Å². The number of benzene rings is 2. The molecule has 2 aromatic heterocycles. The number of pyridine rings is 1. The van der Waals surface area contributed by atoms with Gasteiger partial charge in [-0.1, -0.05) is 42.5 Å². The van der Waals surface area contributed by atoms with Crippen LogP contribution in [0.1, 0.15) is 22.4 Å². The average Bonchev–Trinajstić information content (AvgIpc) is 2.98. The maximum atomic E-state index is 13.2. The molecule has 31 heavy (non-hydrogen) atoms. The van der Waals surface area contributed by atoms with E-state index in [0.717, 1.165) is 27.9 Å². The van der Waals surface area contributed by atoms with Crippen LogP contribution in [-0.2, 0) is 13.2 Å². The Balaban J connectivity index is 1.79. The van der Waals surface area contributed by atoms with E-state index in [0.29, 0.717) is 17.8 Å². The van der Waals surface area contributed by atoms with Crippen LogP contribution in [0, 0.1) is 34.5 Å². The Labute approximate surface area is 184 Å². The molecule has 160 valence electrons. The smallest absolute Gasteiger partial charge is 0.486 e. The topological polar surface area (TPSA) is 82.4 Å². The minimum absolute atomic E-state index is 0.0402. The molecule has 2 aromatic carbocycles. The summed E-state index contributed by atoms with van der Waals surface area (Å²) in [5, 5.41) is 0. The van der Waals surface area contributed by atoms with Crippen LogP contribution >= 0.6 is 0 Å². The quantitative estimate of drug-likeness (QED) is 0.401. The van der Waals surface area contributed by atoms with Crippen LogP contribution in [0.5, 0.6) is 11.6 Å². The number of hydrogen-bond acceptors (Lipinski definition) is 5. The highest BCUT2D eigenvalue weighted by Gasteiger charge is 2.23. The van der Waals surface area contributed by atoms with Crippen LogP contribution in [0.2, 0.25) is 0 Å². The zero-order chi connectivity index (χ0) is 22.0. The first-order chi connectivity index (χ1) is 14.9. The lowest BCUT2D eigenvalue weighted by atomic mass is 10.2. The number of fused-ring (bicyclic) bond motifs is 1. The van der Waals surface area contributed by atoms with E-state index < -0.39 is 14.8 Å². The average molecular weight is 487 g/mol. The van der Waals surface area contributed by atoms with E-state index in [1.165, 1.54) is 18.2 Å². The lowest BCUT2D eigenvalue weighted by Gasteiger charge is -2.13. The van der Waals surface area contributed by atoms with Crippen LogP contribution in [0.25, 0.3) is 11.0 Å². The number of nitrogens with zero attached hydrogens (tertiary/aromatic N) is 2. The Morgan fingerprint density at radius 2 is 1.71 bits per heavy atom. The summed E-state index contributed by atoms with van der Waals surface area (Å²) in [6.07, 6.45) is 0. The van der Waals surface area contributed by atoms with E-state index in [9.17, 15) is 12.8 Å². The first-order valence-electron chi connectivity index (χ1n) is 9.58. The van der Waals surface area contributed by atoms with E-state index in [2.05, 4.69) is 9.55 Å². The first kappa shape index (κ1) is 21.3. The summed E-state index contributed by atoms with van der Waals surface area (Å²) >= 11 is -3.49. The molecular weight excluding hydrogens is 467 g/mol. The number of hydrogen-bond donors (Lipinski definition) is 0. The van der Waals surface area contributed by atoms with E-state index in [-0.39, 0.29) is 18.3 Å². The largest absolute Gasteiger partial charge is 0.503 e. The van der Waals surface area contributed by atoms with Gasteiger partial charge in [-0.2, -0.15) is 0 Å². The van der Waals surface area contributed by atoms with Crippen molar-refractivity contribution in [3.63, 3.8) is 0 Å². The van der Waals surface area contributed by atoms with Gasteiger partial charge in [0.15, 0.2) is 5.75 Å². The summed E-state index contributed by atoms with van der Waals surface area (Å²) in [7, 11) is 0. The molecule has 0 saturated carbocycles. The van der Waals surface area contributed by atoms with Gasteiger partial charge in [-0.3, -0.25) is 0 Å². The summed E-state index contributed by atoms with van der Waals surface area (Å²) in [6.45, 7) is 4.70. The van der Waals surface area contributed by atoms with Gasteiger partial charge in [0.05, 0.1) is 11.6 Å². The number of aryl methyl sites for hydroxylation is 1. The van der Waals surface area contributed by atoms with Crippen molar-refractivity contribution >= 4 is 11.0 Å². The van der Waals surface area contributed by atoms with Crippen LogP contribution in [0.4, 0.5) is 4.39 Å². The van der Waals surface area contributed by atoms with Gasteiger partial charge in [-0.05, 0) is 42.7 Å². The van der Waals surface area contributed by atoms with Crippen molar-refractivity contribution < 1.29 is 36.2 Å². The second-order valence-electron chi connectivity index (χ2n) is 7.12. The van der Waals surface area contributed by atoms with Gasteiger partial charge in [0, 0.05) is 12.2 Å². The predicted octanol–water partition coefficient (Wildman–Crippen LogP) is 2.88. The maximum Gasteiger partial charge on any atom is 0.503 e. The van der Waals surface area contributed by atoms with Gasteiger partial charge in [0.2, 0.25) is 0 Å². The van der Waals surface area contributed by atoms with Gasteiger partial charge in [0.1, 0.15) is 17.9 Å². The third-order valence-corrected chi connectivity index (χ3v) is 5.74.